The number of hydrogen-bond acceptors (Lipinski definition) is 5. The Morgan fingerprint density at radius 2 is 1.85 bits per heavy atom. The number of rotatable bonds is 2. The highest BCUT2D eigenvalue weighted by atomic mass is 32.2. The minimum atomic E-state index is -3.56. The van der Waals surface area contributed by atoms with Crippen molar-refractivity contribution in [1.82, 2.24) is 0 Å². The zero-order valence-electron chi connectivity index (χ0n) is 7.43. The fourth-order valence-electron chi connectivity index (χ4n) is 1.34. The molecule has 2 atom stereocenters. The Bertz CT molecular complexity index is 379. The first-order chi connectivity index (χ1) is 5.70. The molecule has 0 bridgehead atoms. The molecule has 0 saturated carbocycles. The average Bonchev–Trinajstić information content (AvgIpc) is 2.00. The normalized spacial score (nSPS) is 33.4. The van der Waals surface area contributed by atoms with Crippen molar-refractivity contribution < 1.29 is 21.0 Å². The van der Waals surface area contributed by atoms with Gasteiger partial charge in [-0.2, -0.15) is 8.42 Å². The Kier molecular flexibility index (Phi) is 2.70. The van der Waals surface area contributed by atoms with Gasteiger partial charge in [-0.25, -0.2) is 8.42 Å². The van der Waals surface area contributed by atoms with Crippen LogP contribution in [0.1, 0.15) is 6.92 Å². The van der Waals surface area contributed by atoms with E-state index in [-0.39, 0.29) is 17.4 Å². The summed E-state index contributed by atoms with van der Waals surface area (Å²) in [6.07, 6.45) is 0.213. The van der Waals surface area contributed by atoms with Crippen LogP contribution in [0.3, 0.4) is 0 Å². The van der Waals surface area contributed by atoms with E-state index < -0.39 is 26.1 Å². The molecule has 1 fully saturated rings. The molecular formula is C6H12O5S2. The highest BCUT2D eigenvalue weighted by Gasteiger charge is 2.37. The molecule has 0 spiro atoms. The van der Waals surface area contributed by atoms with Crippen molar-refractivity contribution in [3.63, 3.8) is 0 Å². The van der Waals surface area contributed by atoms with Gasteiger partial charge >= 0.3 is 0 Å². The lowest BCUT2D eigenvalue weighted by Crippen LogP contribution is -2.23. The summed E-state index contributed by atoms with van der Waals surface area (Å²) < 4.78 is 48.2. The van der Waals surface area contributed by atoms with Gasteiger partial charge in [-0.1, -0.05) is 6.92 Å². The highest BCUT2D eigenvalue weighted by Crippen LogP contribution is 2.22. The van der Waals surface area contributed by atoms with Crippen LogP contribution >= 0.6 is 0 Å². The molecule has 2 unspecified atom stereocenters. The SMILES string of the molecule is CC1CS(=O)(=O)CC1OS(C)(=O)=O. The quantitative estimate of drug-likeness (QED) is 0.589. The molecule has 0 aromatic carbocycles. The van der Waals surface area contributed by atoms with Gasteiger partial charge in [0.15, 0.2) is 9.84 Å². The van der Waals surface area contributed by atoms with Crippen molar-refractivity contribution in [3.05, 3.63) is 0 Å². The molecule has 0 aromatic heterocycles. The van der Waals surface area contributed by atoms with Gasteiger partial charge in [-0.3, -0.25) is 4.18 Å². The molecule has 5 nitrogen and oxygen atoms in total. The third kappa shape index (κ3) is 3.24. The average molecular weight is 228 g/mol. The van der Waals surface area contributed by atoms with Gasteiger partial charge in [0, 0.05) is 0 Å². The van der Waals surface area contributed by atoms with E-state index in [1.807, 2.05) is 0 Å². The van der Waals surface area contributed by atoms with Crippen LogP contribution in [0.15, 0.2) is 0 Å². The second kappa shape index (κ2) is 3.21. The fourth-order valence-corrected chi connectivity index (χ4v) is 4.18. The topological polar surface area (TPSA) is 77.5 Å². The minimum absolute atomic E-state index is 0.00713. The van der Waals surface area contributed by atoms with Crippen molar-refractivity contribution in [1.29, 1.82) is 0 Å². The van der Waals surface area contributed by atoms with E-state index in [0.717, 1.165) is 6.26 Å². The molecule has 1 heterocycles. The van der Waals surface area contributed by atoms with E-state index >= 15 is 0 Å². The fraction of sp³-hybridized carbons (Fsp3) is 1.00. The van der Waals surface area contributed by atoms with Gasteiger partial charge in [-0.15, -0.1) is 0 Å². The van der Waals surface area contributed by atoms with E-state index in [1.165, 1.54) is 0 Å². The van der Waals surface area contributed by atoms with E-state index in [2.05, 4.69) is 4.18 Å². The summed E-state index contributed by atoms with van der Waals surface area (Å²) >= 11 is 0. The maximum atomic E-state index is 11.1. The van der Waals surface area contributed by atoms with Crippen molar-refractivity contribution >= 4 is 20.0 Å². The molecule has 1 rings (SSSR count). The molecule has 1 saturated heterocycles. The predicted molar refractivity (Wildman–Crippen MR) is 47.5 cm³/mol. The van der Waals surface area contributed by atoms with E-state index in [1.54, 1.807) is 6.92 Å². The molecule has 7 heteroatoms. The summed E-state index contributed by atoms with van der Waals surface area (Å²) in [6, 6.07) is 0. The van der Waals surface area contributed by atoms with Crippen LogP contribution in [0, 0.1) is 5.92 Å². The van der Waals surface area contributed by atoms with Gasteiger partial charge in [0.25, 0.3) is 10.1 Å². The van der Waals surface area contributed by atoms with Gasteiger partial charge in [0.2, 0.25) is 0 Å². The third-order valence-corrected chi connectivity index (χ3v) is 4.33. The summed E-state index contributed by atoms with van der Waals surface area (Å²) in [5.41, 5.74) is 0. The first kappa shape index (κ1) is 10.9. The Hall–Kier alpha value is -0.140. The van der Waals surface area contributed by atoms with Crippen molar-refractivity contribution in [2.24, 2.45) is 5.92 Å². The Morgan fingerprint density at radius 3 is 2.15 bits per heavy atom. The summed E-state index contributed by atoms with van der Waals surface area (Å²) in [5, 5.41) is 0. The molecule has 1 aliphatic heterocycles. The van der Waals surface area contributed by atoms with E-state index in [9.17, 15) is 16.8 Å². The van der Waals surface area contributed by atoms with Crippen LogP contribution in [-0.4, -0.2) is 40.7 Å². The molecule has 0 N–H and O–H groups in total. The molecule has 0 aliphatic carbocycles. The summed E-state index contributed by atoms with van der Waals surface area (Å²) in [7, 11) is -6.66. The molecule has 13 heavy (non-hydrogen) atoms. The minimum Gasteiger partial charge on any atom is -0.266 e. The van der Waals surface area contributed by atoms with Crippen LogP contribution in [-0.2, 0) is 24.1 Å². The van der Waals surface area contributed by atoms with Crippen molar-refractivity contribution in [3.8, 4) is 0 Å². The van der Waals surface area contributed by atoms with Crippen LogP contribution in [0.2, 0.25) is 0 Å². The third-order valence-electron chi connectivity index (χ3n) is 1.87. The Labute approximate surface area is 78.1 Å². The maximum Gasteiger partial charge on any atom is 0.264 e. The summed E-state index contributed by atoms with van der Waals surface area (Å²) in [5.74, 6) is -0.436. The lowest BCUT2D eigenvalue weighted by molar-refractivity contribution is 0.194. The molecular weight excluding hydrogens is 216 g/mol. The molecule has 1 aliphatic rings. The summed E-state index contributed by atoms with van der Waals surface area (Å²) in [6.45, 7) is 1.67. The Balaban J connectivity index is 2.76. The molecule has 0 amide bonds. The largest absolute Gasteiger partial charge is 0.266 e. The smallest absolute Gasteiger partial charge is 0.264 e. The predicted octanol–water partition coefficient (Wildman–Crippen LogP) is -0.604. The monoisotopic (exact) mass is 228 g/mol. The number of hydrogen-bond donors (Lipinski definition) is 0. The second-order valence-electron chi connectivity index (χ2n) is 3.39. The Morgan fingerprint density at radius 1 is 1.31 bits per heavy atom. The van der Waals surface area contributed by atoms with Crippen molar-refractivity contribution in [2.75, 3.05) is 17.8 Å². The van der Waals surface area contributed by atoms with Gasteiger partial charge in [0.05, 0.1) is 23.9 Å². The molecule has 0 radical (unpaired) electrons. The first-order valence-electron chi connectivity index (χ1n) is 3.78. The van der Waals surface area contributed by atoms with Crippen LogP contribution in [0.5, 0.6) is 0 Å². The lowest BCUT2D eigenvalue weighted by atomic mass is 10.1. The van der Waals surface area contributed by atoms with Crippen LogP contribution in [0.4, 0.5) is 0 Å². The van der Waals surface area contributed by atoms with Crippen molar-refractivity contribution in [2.45, 2.75) is 13.0 Å². The first-order valence-corrected chi connectivity index (χ1v) is 7.42. The second-order valence-corrected chi connectivity index (χ2v) is 7.15. The maximum absolute atomic E-state index is 11.1. The van der Waals surface area contributed by atoms with Gasteiger partial charge in [-0.05, 0) is 5.92 Å². The van der Waals surface area contributed by atoms with Gasteiger partial charge in [0.1, 0.15) is 0 Å². The van der Waals surface area contributed by atoms with E-state index in [4.69, 9.17) is 0 Å². The summed E-state index contributed by atoms with van der Waals surface area (Å²) in [4.78, 5) is 0. The highest BCUT2D eigenvalue weighted by molar-refractivity contribution is 7.91. The van der Waals surface area contributed by atoms with E-state index in [0.29, 0.717) is 0 Å². The van der Waals surface area contributed by atoms with Gasteiger partial charge < -0.3 is 0 Å². The lowest BCUT2D eigenvalue weighted by Gasteiger charge is -2.11. The standard InChI is InChI=1S/C6H12O5S2/c1-5-3-13(9,10)4-6(5)11-12(2,7)8/h5-6H,3-4H2,1-2H3. The zero-order valence-corrected chi connectivity index (χ0v) is 9.06. The number of sulfone groups is 1. The molecule has 78 valence electrons. The molecule has 0 aromatic rings. The van der Waals surface area contributed by atoms with Crippen LogP contribution < -0.4 is 0 Å². The zero-order chi connectivity index (χ0) is 10.3. The van der Waals surface area contributed by atoms with Crippen LogP contribution in [0.25, 0.3) is 0 Å².